The van der Waals surface area contributed by atoms with Crippen LogP contribution >= 0.6 is 0 Å². The lowest BCUT2D eigenvalue weighted by Gasteiger charge is -2.32. The van der Waals surface area contributed by atoms with E-state index in [9.17, 15) is 0 Å². The van der Waals surface area contributed by atoms with Crippen LogP contribution in [0.5, 0.6) is 0 Å². The third-order valence-corrected chi connectivity index (χ3v) is 4.08. The van der Waals surface area contributed by atoms with E-state index in [2.05, 4.69) is 61.9 Å². The highest BCUT2D eigenvalue weighted by Crippen LogP contribution is 2.29. The molecule has 0 bridgehead atoms. The van der Waals surface area contributed by atoms with Gasteiger partial charge in [-0.05, 0) is 31.0 Å². The molecule has 1 fully saturated rings. The van der Waals surface area contributed by atoms with Crippen LogP contribution in [0.3, 0.4) is 0 Å². The van der Waals surface area contributed by atoms with Crippen molar-refractivity contribution in [2.24, 2.45) is 11.1 Å². The Hall–Kier alpha value is -1.06. The molecule has 3 nitrogen and oxygen atoms in total. The monoisotopic (exact) mass is 261 g/mol. The van der Waals surface area contributed by atoms with Gasteiger partial charge in [0.25, 0.3) is 0 Å². The van der Waals surface area contributed by atoms with Gasteiger partial charge in [0.2, 0.25) is 0 Å². The minimum Gasteiger partial charge on any atom is -0.369 e. The number of anilines is 1. The summed E-state index contributed by atoms with van der Waals surface area (Å²) in [5.41, 5.74) is 8.94. The minimum atomic E-state index is 0.279. The second kappa shape index (κ2) is 5.51. The first-order chi connectivity index (χ1) is 8.93. The van der Waals surface area contributed by atoms with E-state index in [1.165, 1.54) is 11.3 Å². The molecule has 0 aromatic heterocycles. The Morgan fingerprint density at radius 2 is 1.95 bits per heavy atom. The number of nitrogens with two attached hydrogens (primary N) is 1. The molecule has 2 rings (SSSR count). The zero-order valence-electron chi connectivity index (χ0n) is 12.7. The summed E-state index contributed by atoms with van der Waals surface area (Å²) < 4.78 is 0. The van der Waals surface area contributed by atoms with Crippen LogP contribution in [-0.4, -0.2) is 44.2 Å². The van der Waals surface area contributed by atoms with Crippen molar-refractivity contribution in [2.45, 2.75) is 26.8 Å². The smallest absolute Gasteiger partial charge is 0.0396 e. The van der Waals surface area contributed by atoms with Crippen molar-refractivity contribution in [3.8, 4) is 0 Å². The van der Waals surface area contributed by atoms with Gasteiger partial charge in [-0.3, -0.25) is 4.90 Å². The highest BCUT2D eigenvalue weighted by molar-refractivity contribution is 5.53. The Morgan fingerprint density at radius 3 is 2.58 bits per heavy atom. The fourth-order valence-electron chi connectivity index (χ4n) is 3.19. The van der Waals surface area contributed by atoms with Crippen molar-refractivity contribution in [1.29, 1.82) is 0 Å². The summed E-state index contributed by atoms with van der Waals surface area (Å²) in [5, 5.41) is 0. The topological polar surface area (TPSA) is 32.5 Å². The van der Waals surface area contributed by atoms with Gasteiger partial charge in [0.1, 0.15) is 0 Å². The van der Waals surface area contributed by atoms with Crippen LogP contribution in [0.4, 0.5) is 5.69 Å². The van der Waals surface area contributed by atoms with Crippen LogP contribution in [-0.2, 0) is 0 Å². The summed E-state index contributed by atoms with van der Waals surface area (Å²) >= 11 is 0. The summed E-state index contributed by atoms with van der Waals surface area (Å²) in [6, 6.07) is 9.08. The second-order valence-corrected chi connectivity index (χ2v) is 6.64. The zero-order valence-corrected chi connectivity index (χ0v) is 12.7. The third kappa shape index (κ3) is 3.28. The Morgan fingerprint density at radius 1 is 1.26 bits per heavy atom. The van der Waals surface area contributed by atoms with Crippen molar-refractivity contribution in [3.05, 3.63) is 29.8 Å². The van der Waals surface area contributed by atoms with Crippen LogP contribution in [0, 0.1) is 12.3 Å². The standard InChI is InChI=1S/C16H27N3/c1-13-7-5-6-8-15(13)19-10-14(9-17)18(4)11-16(2,3)12-19/h5-8,14H,9-12,17H2,1-4H3. The van der Waals surface area contributed by atoms with E-state index in [1.54, 1.807) is 0 Å². The molecule has 0 radical (unpaired) electrons. The first-order valence-corrected chi connectivity index (χ1v) is 7.14. The van der Waals surface area contributed by atoms with Crippen molar-refractivity contribution < 1.29 is 0 Å². The van der Waals surface area contributed by atoms with Crippen molar-refractivity contribution >= 4 is 5.69 Å². The molecule has 1 aromatic rings. The predicted molar refractivity (Wildman–Crippen MR) is 82.6 cm³/mol. The molecule has 3 heteroatoms. The summed E-state index contributed by atoms with van der Waals surface area (Å²) in [7, 11) is 2.20. The van der Waals surface area contributed by atoms with Gasteiger partial charge >= 0.3 is 0 Å². The maximum Gasteiger partial charge on any atom is 0.0396 e. The van der Waals surface area contributed by atoms with Crippen molar-refractivity contribution in [1.82, 2.24) is 4.90 Å². The summed E-state index contributed by atoms with van der Waals surface area (Å²) in [6.45, 7) is 10.8. The average molecular weight is 261 g/mol. The number of hydrogen-bond acceptors (Lipinski definition) is 3. The molecule has 106 valence electrons. The van der Waals surface area contributed by atoms with Crippen LogP contribution in [0.2, 0.25) is 0 Å². The number of para-hydroxylation sites is 1. The molecular formula is C16H27N3. The molecule has 1 aliphatic heterocycles. The number of hydrogen-bond donors (Lipinski definition) is 1. The molecule has 1 saturated heterocycles. The van der Waals surface area contributed by atoms with E-state index in [-0.39, 0.29) is 5.41 Å². The van der Waals surface area contributed by atoms with Gasteiger partial charge in [0, 0.05) is 37.9 Å². The summed E-state index contributed by atoms with van der Waals surface area (Å²) in [5.74, 6) is 0. The lowest BCUT2D eigenvalue weighted by Crippen LogP contribution is -2.44. The van der Waals surface area contributed by atoms with Crippen LogP contribution < -0.4 is 10.6 Å². The molecule has 0 aliphatic carbocycles. The zero-order chi connectivity index (χ0) is 14.0. The molecule has 1 unspecified atom stereocenters. The van der Waals surface area contributed by atoms with E-state index in [0.29, 0.717) is 6.04 Å². The molecule has 0 spiro atoms. The molecule has 2 N–H and O–H groups in total. The SMILES string of the molecule is Cc1ccccc1N1CC(CN)N(C)CC(C)(C)C1. The number of aryl methyl sites for hydroxylation is 1. The summed E-state index contributed by atoms with van der Waals surface area (Å²) in [6.07, 6.45) is 0. The molecule has 19 heavy (non-hydrogen) atoms. The Labute approximate surface area is 117 Å². The first-order valence-electron chi connectivity index (χ1n) is 7.14. The van der Waals surface area contributed by atoms with E-state index in [1.807, 2.05) is 0 Å². The van der Waals surface area contributed by atoms with Gasteiger partial charge in [-0.1, -0.05) is 32.0 Å². The normalized spacial score (nSPS) is 24.3. The molecule has 1 aliphatic rings. The second-order valence-electron chi connectivity index (χ2n) is 6.64. The number of benzene rings is 1. The number of nitrogens with zero attached hydrogens (tertiary/aromatic N) is 2. The van der Waals surface area contributed by atoms with Gasteiger partial charge in [-0.25, -0.2) is 0 Å². The van der Waals surface area contributed by atoms with Gasteiger partial charge < -0.3 is 10.6 Å². The molecule has 1 heterocycles. The Bertz CT molecular complexity index is 428. The molecule has 1 atom stereocenters. The van der Waals surface area contributed by atoms with Crippen LogP contribution in [0.15, 0.2) is 24.3 Å². The van der Waals surface area contributed by atoms with Crippen LogP contribution in [0.25, 0.3) is 0 Å². The molecule has 1 aromatic carbocycles. The quantitative estimate of drug-likeness (QED) is 0.885. The molecule has 0 saturated carbocycles. The maximum absolute atomic E-state index is 5.96. The van der Waals surface area contributed by atoms with Crippen LogP contribution in [0.1, 0.15) is 19.4 Å². The fraction of sp³-hybridized carbons (Fsp3) is 0.625. The highest BCUT2D eigenvalue weighted by Gasteiger charge is 2.32. The fourth-order valence-corrected chi connectivity index (χ4v) is 3.19. The largest absolute Gasteiger partial charge is 0.369 e. The first kappa shape index (κ1) is 14.4. The van der Waals surface area contributed by atoms with Gasteiger partial charge in [0.05, 0.1) is 0 Å². The highest BCUT2D eigenvalue weighted by atomic mass is 15.3. The van der Waals surface area contributed by atoms with Crippen molar-refractivity contribution in [3.63, 3.8) is 0 Å². The Kier molecular flexibility index (Phi) is 4.16. The molecular weight excluding hydrogens is 234 g/mol. The van der Waals surface area contributed by atoms with Crippen molar-refractivity contribution in [2.75, 3.05) is 38.1 Å². The van der Waals surface area contributed by atoms with E-state index >= 15 is 0 Å². The minimum absolute atomic E-state index is 0.279. The predicted octanol–water partition coefficient (Wildman–Crippen LogP) is 2.10. The number of rotatable bonds is 2. The average Bonchev–Trinajstić information content (AvgIpc) is 2.45. The maximum atomic E-state index is 5.96. The van der Waals surface area contributed by atoms with E-state index in [4.69, 9.17) is 5.73 Å². The van der Waals surface area contributed by atoms with Gasteiger partial charge in [-0.2, -0.15) is 0 Å². The van der Waals surface area contributed by atoms with Gasteiger partial charge in [-0.15, -0.1) is 0 Å². The lowest BCUT2D eigenvalue weighted by molar-refractivity contribution is 0.197. The van der Waals surface area contributed by atoms with E-state index in [0.717, 1.165) is 26.2 Å². The summed E-state index contributed by atoms with van der Waals surface area (Å²) in [4.78, 5) is 4.93. The van der Waals surface area contributed by atoms with Gasteiger partial charge in [0.15, 0.2) is 0 Å². The lowest BCUT2D eigenvalue weighted by atomic mass is 9.92. The third-order valence-electron chi connectivity index (χ3n) is 4.08. The Balaban J connectivity index is 2.31. The van der Waals surface area contributed by atoms with E-state index < -0.39 is 0 Å². The number of likely N-dealkylation sites (N-methyl/N-ethyl adjacent to an activating group) is 1. The molecule has 0 amide bonds.